The molecule has 0 aromatic heterocycles. The van der Waals surface area contributed by atoms with E-state index in [0.29, 0.717) is 0 Å². The van der Waals surface area contributed by atoms with E-state index in [2.05, 4.69) is 6.58 Å². The van der Waals surface area contributed by atoms with Gasteiger partial charge in [-0.3, -0.25) is 0 Å². The van der Waals surface area contributed by atoms with E-state index in [-0.39, 0.29) is 4.49 Å². The summed E-state index contributed by atoms with van der Waals surface area (Å²) in [5.74, 6) is 0. The Hall–Kier alpha value is -0.410. The fourth-order valence-electron chi connectivity index (χ4n) is 0. The first-order valence-corrected chi connectivity index (χ1v) is 2.14. The van der Waals surface area contributed by atoms with Crippen molar-refractivity contribution in [1.82, 2.24) is 0 Å². The molecule has 0 bridgehead atoms. The summed E-state index contributed by atoms with van der Waals surface area (Å²) in [6, 6.07) is 0. The molecule has 0 radical (unpaired) electrons. The smallest absolute Gasteiger partial charge is 0.450 e. The van der Waals surface area contributed by atoms with Crippen molar-refractivity contribution in [1.29, 1.82) is 0 Å². The molecule has 0 aliphatic heterocycles. The van der Waals surface area contributed by atoms with Gasteiger partial charge in [-0.1, -0.05) is 29.8 Å². The van der Waals surface area contributed by atoms with E-state index in [4.69, 9.17) is 38.2 Å². The monoisotopic (exact) mass is 158 g/mol. The first kappa shape index (κ1) is 10.5. The maximum absolute atomic E-state index is 8.56. The van der Waals surface area contributed by atoms with Crippen LogP contribution in [0, 0.1) is 0 Å². The first-order valence-electron chi connectivity index (χ1n) is 1.38. The third-order valence-electron chi connectivity index (χ3n) is 0. The Morgan fingerprint density at radius 2 is 1.38 bits per heavy atom. The van der Waals surface area contributed by atoms with E-state index in [1.165, 1.54) is 0 Å². The highest BCUT2D eigenvalue weighted by molar-refractivity contribution is 6.55. The van der Waals surface area contributed by atoms with Gasteiger partial charge in [0.15, 0.2) is 0 Å². The number of hydrogen-bond acceptors (Lipinski definition) is 1. The lowest BCUT2D eigenvalue weighted by Gasteiger charge is -1.60. The summed E-state index contributed by atoms with van der Waals surface area (Å²) in [6.45, 7) is 3.09. The molecule has 2 N–H and O–H groups in total. The molecule has 0 aliphatic carbocycles. The molecule has 0 rings (SSSR count). The summed E-state index contributed by atoms with van der Waals surface area (Å²) in [5, 5.41) is 13.9. The zero-order valence-electron chi connectivity index (χ0n) is 3.77. The fraction of sp³-hybridized carbons (Fsp3) is 0. The third-order valence-corrected chi connectivity index (χ3v) is 0. The van der Waals surface area contributed by atoms with Crippen LogP contribution in [0.3, 0.4) is 0 Å². The van der Waals surface area contributed by atoms with Crippen LogP contribution in [0.4, 0.5) is 4.79 Å². The quantitative estimate of drug-likeness (QED) is 0.569. The molecule has 0 unspecified atom stereocenters. The second-order valence-electron chi connectivity index (χ2n) is 0.621. The zero-order chi connectivity index (χ0) is 7.15. The van der Waals surface area contributed by atoms with E-state index >= 15 is 0 Å². The van der Waals surface area contributed by atoms with Crippen molar-refractivity contribution in [2.75, 3.05) is 0 Å². The van der Waals surface area contributed by atoms with Gasteiger partial charge in [0.25, 0.3) is 0 Å². The number of halogens is 2. The SMILES string of the molecule is C=C(Cl)Cl.O=C(O)O. The second-order valence-corrected chi connectivity index (χ2v) is 1.73. The second kappa shape index (κ2) is 6.59. The van der Waals surface area contributed by atoms with Crippen LogP contribution in [0.5, 0.6) is 0 Å². The minimum absolute atomic E-state index is 0.111. The molecule has 0 heterocycles. The summed E-state index contributed by atoms with van der Waals surface area (Å²) in [5.41, 5.74) is 0. The van der Waals surface area contributed by atoms with Gasteiger partial charge < -0.3 is 10.2 Å². The molecule has 0 saturated heterocycles. The Kier molecular flexibility index (Phi) is 8.69. The molecule has 0 fully saturated rings. The van der Waals surface area contributed by atoms with E-state index in [0.717, 1.165) is 0 Å². The van der Waals surface area contributed by atoms with Gasteiger partial charge in [-0.25, -0.2) is 4.79 Å². The molecule has 0 spiro atoms. The largest absolute Gasteiger partial charge is 0.503 e. The van der Waals surface area contributed by atoms with Gasteiger partial charge in [-0.2, -0.15) is 0 Å². The molecule has 0 aliphatic rings. The number of carboxylic acid groups (broad SMARTS) is 2. The number of hydrogen-bond donors (Lipinski definition) is 2. The summed E-state index contributed by atoms with van der Waals surface area (Å²) in [4.78, 5) is 8.56. The number of carbonyl (C=O) groups is 1. The average Bonchev–Trinajstić information content (AvgIpc) is 1.25. The molecule has 0 amide bonds. The van der Waals surface area contributed by atoms with Crippen molar-refractivity contribution in [3.63, 3.8) is 0 Å². The predicted octanol–water partition coefficient (Wildman–Crippen LogP) is 2.16. The summed E-state index contributed by atoms with van der Waals surface area (Å²) in [7, 11) is 0. The van der Waals surface area contributed by atoms with Crippen LogP contribution in [0.25, 0.3) is 0 Å². The van der Waals surface area contributed by atoms with Gasteiger partial charge in [0.1, 0.15) is 0 Å². The highest BCUT2D eigenvalue weighted by Crippen LogP contribution is 1.98. The van der Waals surface area contributed by atoms with Crippen LogP contribution < -0.4 is 0 Å². The van der Waals surface area contributed by atoms with Gasteiger partial charge in [-0.05, 0) is 0 Å². The van der Waals surface area contributed by atoms with Gasteiger partial charge >= 0.3 is 6.16 Å². The summed E-state index contributed by atoms with van der Waals surface area (Å²) >= 11 is 9.69. The topological polar surface area (TPSA) is 57.5 Å². The van der Waals surface area contributed by atoms with Crippen LogP contribution >= 0.6 is 23.2 Å². The normalized spacial score (nSPS) is 6.25. The van der Waals surface area contributed by atoms with Gasteiger partial charge in [0, 0.05) is 0 Å². The molecular weight excluding hydrogens is 155 g/mol. The van der Waals surface area contributed by atoms with E-state index in [9.17, 15) is 0 Å². The fourth-order valence-corrected chi connectivity index (χ4v) is 0. The molecule has 0 atom stereocenters. The highest BCUT2D eigenvalue weighted by Gasteiger charge is 1.70. The van der Waals surface area contributed by atoms with Gasteiger partial charge in [-0.15, -0.1) is 0 Å². The van der Waals surface area contributed by atoms with Crippen molar-refractivity contribution in [3.05, 3.63) is 11.1 Å². The third kappa shape index (κ3) is 701. The minimum atomic E-state index is -1.83. The molecule has 48 valence electrons. The Bertz CT molecular complexity index is 70.5. The molecule has 0 aromatic rings. The van der Waals surface area contributed by atoms with Crippen LogP contribution in [0.1, 0.15) is 0 Å². The molecule has 0 saturated carbocycles. The van der Waals surface area contributed by atoms with Crippen LogP contribution in [0.2, 0.25) is 0 Å². The maximum atomic E-state index is 8.56. The van der Waals surface area contributed by atoms with Crippen LogP contribution in [0.15, 0.2) is 11.1 Å². The predicted molar refractivity (Wildman–Crippen MR) is 31.5 cm³/mol. The van der Waals surface area contributed by atoms with E-state index in [1.807, 2.05) is 0 Å². The van der Waals surface area contributed by atoms with Crippen molar-refractivity contribution < 1.29 is 15.0 Å². The summed E-state index contributed by atoms with van der Waals surface area (Å²) < 4.78 is 0.111. The molecule has 5 heteroatoms. The molecule has 0 aromatic carbocycles. The maximum Gasteiger partial charge on any atom is 0.503 e. The molecule has 3 nitrogen and oxygen atoms in total. The zero-order valence-corrected chi connectivity index (χ0v) is 5.28. The highest BCUT2D eigenvalue weighted by atomic mass is 35.5. The number of rotatable bonds is 0. The van der Waals surface area contributed by atoms with Gasteiger partial charge in [0.2, 0.25) is 0 Å². The average molecular weight is 159 g/mol. The van der Waals surface area contributed by atoms with E-state index in [1.54, 1.807) is 0 Å². The lowest BCUT2D eigenvalue weighted by Crippen LogP contribution is -1.81. The Morgan fingerprint density at radius 3 is 1.38 bits per heavy atom. The minimum Gasteiger partial charge on any atom is -0.450 e. The Morgan fingerprint density at radius 1 is 1.38 bits per heavy atom. The Labute approximate surface area is 56.1 Å². The Balaban J connectivity index is 0. The van der Waals surface area contributed by atoms with Crippen molar-refractivity contribution >= 4 is 29.4 Å². The van der Waals surface area contributed by atoms with Crippen molar-refractivity contribution in [2.45, 2.75) is 0 Å². The van der Waals surface area contributed by atoms with Crippen molar-refractivity contribution in [2.24, 2.45) is 0 Å². The molecular formula is C3H4Cl2O3. The van der Waals surface area contributed by atoms with Gasteiger partial charge in [0.05, 0.1) is 4.49 Å². The van der Waals surface area contributed by atoms with E-state index < -0.39 is 6.16 Å². The van der Waals surface area contributed by atoms with Crippen LogP contribution in [-0.4, -0.2) is 16.4 Å². The lowest BCUT2D eigenvalue weighted by atomic mass is 11.3. The molecule has 8 heavy (non-hydrogen) atoms. The standard InChI is InChI=1S/C2H2Cl2.CH2O3/c1-2(3)4;2-1(3)4/h1H2;(H2,2,3,4). The lowest BCUT2D eigenvalue weighted by molar-refractivity contribution is 0.137. The van der Waals surface area contributed by atoms with Crippen molar-refractivity contribution in [3.8, 4) is 0 Å². The van der Waals surface area contributed by atoms with Crippen LogP contribution in [-0.2, 0) is 0 Å². The first-order chi connectivity index (χ1) is 3.46. The summed E-state index contributed by atoms with van der Waals surface area (Å²) in [6.07, 6.45) is -1.83.